The number of nitrogen functional groups attached to an aromatic ring is 1. The van der Waals surface area contributed by atoms with E-state index < -0.39 is 5.82 Å². The number of benzene rings is 2. The summed E-state index contributed by atoms with van der Waals surface area (Å²) >= 11 is 0. The number of carbonyl (C=O) groups is 1. The molecule has 1 saturated heterocycles. The summed E-state index contributed by atoms with van der Waals surface area (Å²) in [6.07, 6.45) is 0. The van der Waals surface area contributed by atoms with Crippen molar-refractivity contribution in [2.45, 2.75) is 6.54 Å². The van der Waals surface area contributed by atoms with E-state index in [9.17, 15) is 9.18 Å². The van der Waals surface area contributed by atoms with E-state index in [1.807, 2.05) is 24.3 Å². The van der Waals surface area contributed by atoms with E-state index in [-0.39, 0.29) is 5.91 Å². The molecule has 1 aliphatic rings. The van der Waals surface area contributed by atoms with Crippen LogP contribution >= 0.6 is 0 Å². The number of anilines is 1. The molecule has 0 bridgehead atoms. The summed E-state index contributed by atoms with van der Waals surface area (Å²) in [6.45, 7) is 3.15. The Morgan fingerprint density at radius 3 is 2.59 bits per heavy atom. The second-order valence-corrected chi connectivity index (χ2v) is 6.62. The van der Waals surface area contributed by atoms with Crippen LogP contribution in [-0.4, -0.2) is 51.9 Å². The highest BCUT2D eigenvalue weighted by Crippen LogP contribution is 2.18. The normalized spacial score (nSPS) is 15.2. The van der Waals surface area contributed by atoms with Crippen molar-refractivity contribution in [2.75, 3.05) is 31.9 Å². The van der Waals surface area contributed by atoms with Crippen molar-refractivity contribution in [3.8, 4) is 0 Å². The van der Waals surface area contributed by atoms with E-state index >= 15 is 0 Å². The van der Waals surface area contributed by atoms with Gasteiger partial charge in [-0.15, -0.1) is 0 Å². The summed E-state index contributed by atoms with van der Waals surface area (Å²) in [4.78, 5) is 25.4. The third kappa shape index (κ3) is 3.73. The number of rotatable bonds is 3. The Morgan fingerprint density at radius 2 is 1.81 bits per heavy atom. The van der Waals surface area contributed by atoms with Crippen LogP contribution in [0.5, 0.6) is 0 Å². The second-order valence-electron chi connectivity index (χ2n) is 6.62. The van der Waals surface area contributed by atoms with Crippen LogP contribution in [0.15, 0.2) is 48.5 Å². The molecule has 4 rings (SSSR count). The molecule has 2 heterocycles. The van der Waals surface area contributed by atoms with E-state index in [0.29, 0.717) is 49.9 Å². The Morgan fingerprint density at radius 1 is 1.04 bits per heavy atom. The first-order valence-electron chi connectivity index (χ1n) is 8.88. The molecule has 2 aromatic carbocycles. The van der Waals surface area contributed by atoms with Gasteiger partial charge in [0.05, 0.1) is 12.1 Å². The molecule has 3 aromatic rings. The molecule has 1 fully saturated rings. The molecule has 2 N–H and O–H groups in total. The summed E-state index contributed by atoms with van der Waals surface area (Å²) in [7, 11) is 0. The lowest BCUT2D eigenvalue weighted by Gasteiger charge is -2.34. The van der Waals surface area contributed by atoms with E-state index in [1.165, 1.54) is 12.1 Å². The Bertz CT molecular complexity index is 985. The second kappa shape index (κ2) is 7.28. The number of amides is 1. The SMILES string of the molecule is Nc1nc(CN2CCN(C(=O)c3cccc(F)c3)CC2)nc2ccccc12. The molecule has 0 radical (unpaired) electrons. The lowest BCUT2D eigenvalue weighted by Crippen LogP contribution is -2.48. The number of aromatic nitrogens is 2. The van der Waals surface area contributed by atoms with Crippen molar-refractivity contribution in [1.29, 1.82) is 0 Å². The van der Waals surface area contributed by atoms with Gasteiger partial charge in [-0.05, 0) is 30.3 Å². The van der Waals surface area contributed by atoms with Crippen LogP contribution in [0.25, 0.3) is 10.9 Å². The predicted molar refractivity (Wildman–Crippen MR) is 102 cm³/mol. The fourth-order valence-corrected chi connectivity index (χ4v) is 3.33. The third-order valence-corrected chi connectivity index (χ3v) is 4.78. The molecule has 0 aliphatic carbocycles. The fourth-order valence-electron chi connectivity index (χ4n) is 3.33. The highest BCUT2D eigenvalue weighted by molar-refractivity contribution is 5.94. The quantitative estimate of drug-likeness (QED) is 0.771. The Hall–Kier alpha value is -3.06. The molecule has 1 aromatic heterocycles. The van der Waals surface area contributed by atoms with Gasteiger partial charge >= 0.3 is 0 Å². The number of halogens is 1. The van der Waals surface area contributed by atoms with Crippen LogP contribution < -0.4 is 5.73 Å². The molecule has 0 unspecified atom stereocenters. The van der Waals surface area contributed by atoms with Crippen LogP contribution in [0.1, 0.15) is 16.2 Å². The Balaban J connectivity index is 1.40. The molecule has 0 atom stereocenters. The number of nitrogens with two attached hydrogens (primary N) is 1. The summed E-state index contributed by atoms with van der Waals surface area (Å²) in [5.41, 5.74) is 7.26. The molecule has 7 heteroatoms. The van der Waals surface area contributed by atoms with Gasteiger partial charge in [0.1, 0.15) is 17.5 Å². The number of para-hydroxylation sites is 1. The van der Waals surface area contributed by atoms with Gasteiger partial charge in [0.15, 0.2) is 0 Å². The third-order valence-electron chi connectivity index (χ3n) is 4.78. The van der Waals surface area contributed by atoms with Gasteiger partial charge in [0.25, 0.3) is 5.91 Å². The number of piperazine rings is 1. The highest BCUT2D eigenvalue weighted by Gasteiger charge is 2.23. The first kappa shape index (κ1) is 17.4. The van der Waals surface area contributed by atoms with Crippen molar-refractivity contribution in [3.05, 3.63) is 65.7 Å². The lowest BCUT2D eigenvalue weighted by atomic mass is 10.1. The molecule has 27 heavy (non-hydrogen) atoms. The lowest BCUT2D eigenvalue weighted by molar-refractivity contribution is 0.0625. The number of fused-ring (bicyclic) bond motifs is 1. The predicted octanol–water partition coefficient (Wildman–Crippen LogP) is 2.31. The first-order valence-corrected chi connectivity index (χ1v) is 8.88. The van der Waals surface area contributed by atoms with Gasteiger partial charge in [-0.2, -0.15) is 0 Å². The maximum absolute atomic E-state index is 13.3. The van der Waals surface area contributed by atoms with Gasteiger partial charge in [-0.25, -0.2) is 14.4 Å². The van der Waals surface area contributed by atoms with Gasteiger partial charge in [-0.3, -0.25) is 9.69 Å². The maximum Gasteiger partial charge on any atom is 0.254 e. The standard InChI is InChI=1S/C20H20FN5O/c21-15-5-3-4-14(12-15)20(27)26-10-8-25(9-11-26)13-18-23-17-7-2-1-6-16(17)19(22)24-18/h1-7,12H,8-11,13H2,(H2,22,23,24). The largest absolute Gasteiger partial charge is 0.383 e. The van der Waals surface area contributed by atoms with Gasteiger partial charge in [0, 0.05) is 37.1 Å². The minimum atomic E-state index is -0.398. The van der Waals surface area contributed by atoms with Crippen LogP contribution in [0.3, 0.4) is 0 Å². The monoisotopic (exact) mass is 365 g/mol. The number of hydrogen-bond acceptors (Lipinski definition) is 5. The molecule has 138 valence electrons. The molecule has 1 aliphatic heterocycles. The summed E-state index contributed by atoms with van der Waals surface area (Å²) in [5.74, 6) is 0.623. The molecule has 0 spiro atoms. The molecule has 6 nitrogen and oxygen atoms in total. The van der Waals surface area contributed by atoms with Crippen LogP contribution in [0.4, 0.5) is 10.2 Å². The fraction of sp³-hybridized carbons (Fsp3) is 0.250. The van der Waals surface area contributed by atoms with Crippen LogP contribution in [-0.2, 0) is 6.54 Å². The first-order chi connectivity index (χ1) is 13.1. The zero-order chi connectivity index (χ0) is 18.8. The van der Waals surface area contributed by atoms with Gasteiger partial charge in [-0.1, -0.05) is 18.2 Å². The van der Waals surface area contributed by atoms with E-state index in [0.717, 1.165) is 10.9 Å². The number of carbonyl (C=O) groups excluding carboxylic acids is 1. The smallest absolute Gasteiger partial charge is 0.254 e. The minimum absolute atomic E-state index is 0.139. The van der Waals surface area contributed by atoms with Crippen molar-refractivity contribution in [1.82, 2.24) is 19.8 Å². The maximum atomic E-state index is 13.3. The molecule has 0 saturated carbocycles. The summed E-state index contributed by atoms with van der Waals surface area (Å²) in [6, 6.07) is 13.5. The van der Waals surface area contributed by atoms with E-state index in [1.54, 1.807) is 17.0 Å². The van der Waals surface area contributed by atoms with E-state index in [2.05, 4.69) is 14.9 Å². The van der Waals surface area contributed by atoms with Gasteiger partial charge < -0.3 is 10.6 Å². The van der Waals surface area contributed by atoms with Crippen molar-refractivity contribution >= 4 is 22.6 Å². The zero-order valence-corrected chi connectivity index (χ0v) is 14.8. The number of hydrogen-bond donors (Lipinski definition) is 1. The summed E-state index contributed by atoms with van der Waals surface area (Å²) in [5, 5.41) is 0.853. The highest BCUT2D eigenvalue weighted by atomic mass is 19.1. The summed E-state index contributed by atoms with van der Waals surface area (Å²) < 4.78 is 13.3. The Kier molecular flexibility index (Phi) is 4.68. The van der Waals surface area contributed by atoms with E-state index in [4.69, 9.17) is 5.73 Å². The molecule has 1 amide bonds. The van der Waals surface area contributed by atoms with Crippen molar-refractivity contribution < 1.29 is 9.18 Å². The van der Waals surface area contributed by atoms with Gasteiger partial charge in [0.2, 0.25) is 0 Å². The van der Waals surface area contributed by atoms with Crippen molar-refractivity contribution in [3.63, 3.8) is 0 Å². The average Bonchev–Trinajstić information content (AvgIpc) is 2.68. The molecular weight excluding hydrogens is 345 g/mol. The zero-order valence-electron chi connectivity index (χ0n) is 14.8. The van der Waals surface area contributed by atoms with Crippen LogP contribution in [0, 0.1) is 5.82 Å². The topological polar surface area (TPSA) is 75.3 Å². The average molecular weight is 365 g/mol. The molecular formula is C20H20FN5O. The minimum Gasteiger partial charge on any atom is -0.383 e. The number of nitrogens with zero attached hydrogens (tertiary/aromatic N) is 4. The van der Waals surface area contributed by atoms with Crippen molar-refractivity contribution in [2.24, 2.45) is 0 Å². The van der Waals surface area contributed by atoms with Crippen LogP contribution in [0.2, 0.25) is 0 Å². The Labute approximate surface area is 156 Å².